The second kappa shape index (κ2) is 8.95. The molecule has 0 spiro atoms. The Balaban J connectivity index is 1.60. The third kappa shape index (κ3) is 4.25. The summed E-state index contributed by atoms with van der Waals surface area (Å²) in [6.45, 7) is 1.77. The Morgan fingerprint density at radius 2 is 2.03 bits per heavy atom. The van der Waals surface area contributed by atoms with Gasteiger partial charge in [0.2, 0.25) is 11.8 Å². The van der Waals surface area contributed by atoms with Gasteiger partial charge in [-0.2, -0.15) is 5.26 Å². The van der Waals surface area contributed by atoms with E-state index in [1.54, 1.807) is 30.3 Å². The number of benzene rings is 1. The molecule has 3 N–H and O–H groups in total. The van der Waals surface area contributed by atoms with E-state index in [2.05, 4.69) is 10.6 Å². The second-order valence-electron chi connectivity index (χ2n) is 9.60. The number of nitrogens with zero attached hydrogens (tertiary/aromatic N) is 2. The Bertz CT molecular complexity index is 1010. The number of piperidine rings is 2. The van der Waals surface area contributed by atoms with E-state index in [9.17, 15) is 33.5 Å². The molecule has 2 bridgehead atoms. The zero-order chi connectivity index (χ0) is 24.7. The summed E-state index contributed by atoms with van der Waals surface area (Å²) in [5.74, 6) is -6.95. The number of rotatable bonds is 6. The fourth-order valence-electron chi connectivity index (χ4n) is 5.49. The fraction of sp³-hybridized carbons (Fsp3) is 0.583. The first-order chi connectivity index (χ1) is 16.1. The number of hydrogen-bond donors (Lipinski definition) is 3. The van der Waals surface area contributed by atoms with Gasteiger partial charge in [0, 0.05) is 24.9 Å². The smallest absolute Gasteiger partial charge is 0.259 e. The molecular formula is C24H28F2N4O4. The van der Waals surface area contributed by atoms with Crippen molar-refractivity contribution in [2.24, 2.45) is 11.8 Å². The van der Waals surface area contributed by atoms with Crippen LogP contribution >= 0.6 is 0 Å². The Labute approximate surface area is 196 Å². The van der Waals surface area contributed by atoms with Crippen LogP contribution < -0.4 is 10.6 Å². The van der Waals surface area contributed by atoms with Crippen molar-refractivity contribution in [2.75, 3.05) is 6.54 Å². The SMILES string of the molecule is C[C@@](O)(C(=O)N1[C@@H]2CC[C@H]([C@@H]1C(=O)N[C@H](C#N)C[C@@H]1CCNC1=O)C(F)(F)C2)c1ccccc1. The van der Waals surface area contributed by atoms with Crippen LogP contribution in [0.4, 0.5) is 8.78 Å². The van der Waals surface area contributed by atoms with E-state index in [0.717, 1.165) is 4.90 Å². The highest BCUT2D eigenvalue weighted by molar-refractivity contribution is 5.93. The molecule has 8 nitrogen and oxygen atoms in total. The molecule has 6 atom stereocenters. The topological polar surface area (TPSA) is 123 Å². The van der Waals surface area contributed by atoms with E-state index in [4.69, 9.17) is 0 Å². The lowest BCUT2D eigenvalue weighted by Gasteiger charge is -2.54. The maximum Gasteiger partial charge on any atom is 0.259 e. The molecule has 1 aromatic carbocycles. The molecule has 10 heteroatoms. The lowest BCUT2D eigenvalue weighted by atomic mass is 9.70. The van der Waals surface area contributed by atoms with E-state index in [1.807, 2.05) is 6.07 Å². The molecular weight excluding hydrogens is 446 g/mol. The van der Waals surface area contributed by atoms with Gasteiger partial charge in [-0.05, 0) is 38.2 Å². The molecule has 1 aliphatic carbocycles. The van der Waals surface area contributed by atoms with Crippen LogP contribution in [0.3, 0.4) is 0 Å². The lowest BCUT2D eigenvalue weighted by molar-refractivity contribution is -0.203. The lowest BCUT2D eigenvalue weighted by Crippen LogP contribution is -2.70. The summed E-state index contributed by atoms with van der Waals surface area (Å²) >= 11 is 0. The molecule has 182 valence electrons. The van der Waals surface area contributed by atoms with Gasteiger partial charge in [-0.1, -0.05) is 30.3 Å². The fourth-order valence-corrected chi connectivity index (χ4v) is 5.49. The first-order valence-corrected chi connectivity index (χ1v) is 11.5. The van der Waals surface area contributed by atoms with Gasteiger partial charge in [-0.3, -0.25) is 14.4 Å². The average Bonchev–Trinajstić information content (AvgIpc) is 3.21. The van der Waals surface area contributed by atoms with Crippen molar-refractivity contribution >= 4 is 17.7 Å². The van der Waals surface area contributed by atoms with Crippen molar-refractivity contribution in [2.45, 2.75) is 68.7 Å². The predicted molar refractivity (Wildman–Crippen MR) is 116 cm³/mol. The third-order valence-electron chi connectivity index (χ3n) is 7.35. The Hall–Kier alpha value is -3.06. The van der Waals surface area contributed by atoms with Crippen molar-refractivity contribution < 1.29 is 28.3 Å². The highest BCUT2D eigenvalue weighted by atomic mass is 19.3. The van der Waals surface area contributed by atoms with Crippen LogP contribution in [0, 0.1) is 23.2 Å². The van der Waals surface area contributed by atoms with Gasteiger partial charge in [0.15, 0.2) is 5.60 Å². The van der Waals surface area contributed by atoms with Crippen LogP contribution in [-0.2, 0) is 20.0 Å². The molecule has 3 aliphatic heterocycles. The minimum Gasteiger partial charge on any atom is -0.376 e. The van der Waals surface area contributed by atoms with E-state index >= 15 is 0 Å². The van der Waals surface area contributed by atoms with Crippen LogP contribution in [0.2, 0.25) is 0 Å². The monoisotopic (exact) mass is 474 g/mol. The van der Waals surface area contributed by atoms with Gasteiger partial charge < -0.3 is 20.6 Å². The molecule has 3 saturated heterocycles. The summed E-state index contributed by atoms with van der Waals surface area (Å²) in [5, 5.41) is 25.8. The number of halogens is 2. The summed E-state index contributed by atoms with van der Waals surface area (Å²) in [7, 11) is 0. The first-order valence-electron chi connectivity index (χ1n) is 11.5. The number of carbonyl (C=O) groups excluding carboxylic acids is 3. The van der Waals surface area contributed by atoms with Gasteiger partial charge in [0.25, 0.3) is 11.8 Å². The second-order valence-corrected chi connectivity index (χ2v) is 9.60. The zero-order valence-corrected chi connectivity index (χ0v) is 18.8. The number of nitrogens with one attached hydrogen (secondary N) is 2. The van der Waals surface area contributed by atoms with Crippen LogP contribution in [0.5, 0.6) is 0 Å². The van der Waals surface area contributed by atoms with Crippen LogP contribution in [0.15, 0.2) is 30.3 Å². The van der Waals surface area contributed by atoms with Crippen LogP contribution in [-0.4, -0.2) is 58.3 Å². The Kier molecular flexibility index (Phi) is 6.34. The predicted octanol–water partition coefficient (Wildman–Crippen LogP) is 1.44. The molecule has 3 heterocycles. The number of nitriles is 1. The molecule has 0 aromatic heterocycles. The maximum atomic E-state index is 14.9. The van der Waals surface area contributed by atoms with E-state index in [1.165, 1.54) is 6.92 Å². The molecule has 0 radical (unpaired) electrons. The third-order valence-corrected chi connectivity index (χ3v) is 7.35. The first kappa shape index (κ1) is 24.1. The number of fused-ring (bicyclic) bond motifs is 3. The van der Waals surface area contributed by atoms with Gasteiger partial charge in [-0.15, -0.1) is 0 Å². The highest BCUT2D eigenvalue weighted by Crippen LogP contribution is 2.50. The van der Waals surface area contributed by atoms with Gasteiger partial charge >= 0.3 is 0 Å². The van der Waals surface area contributed by atoms with Crippen LogP contribution in [0.25, 0.3) is 0 Å². The molecule has 34 heavy (non-hydrogen) atoms. The molecule has 1 saturated carbocycles. The van der Waals surface area contributed by atoms with Crippen LogP contribution in [0.1, 0.15) is 44.6 Å². The summed E-state index contributed by atoms with van der Waals surface area (Å²) < 4.78 is 29.7. The number of hydrogen-bond acceptors (Lipinski definition) is 5. The number of carbonyl (C=O) groups is 3. The minimum atomic E-state index is -3.16. The van der Waals surface area contributed by atoms with Crippen molar-refractivity contribution in [3.63, 3.8) is 0 Å². The van der Waals surface area contributed by atoms with Crippen molar-refractivity contribution in [3.05, 3.63) is 35.9 Å². The normalized spacial score (nSPS) is 30.1. The van der Waals surface area contributed by atoms with Gasteiger partial charge in [0.05, 0.1) is 12.0 Å². The quantitative estimate of drug-likeness (QED) is 0.576. The zero-order valence-electron chi connectivity index (χ0n) is 18.8. The van der Waals surface area contributed by atoms with E-state index in [-0.39, 0.29) is 24.3 Å². The van der Waals surface area contributed by atoms with E-state index in [0.29, 0.717) is 19.4 Å². The Morgan fingerprint density at radius 1 is 1.32 bits per heavy atom. The average molecular weight is 475 g/mol. The van der Waals surface area contributed by atoms with Crippen molar-refractivity contribution in [1.82, 2.24) is 15.5 Å². The van der Waals surface area contributed by atoms with Crippen molar-refractivity contribution in [3.8, 4) is 6.07 Å². The minimum absolute atomic E-state index is 0.0509. The van der Waals surface area contributed by atoms with Crippen molar-refractivity contribution in [1.29, 1.82) is 5.26 Å². The summed E-state index contributed by atoms with van der Waals surface area (Å²) in [4.78, 5) is 39.8. The Morgan fingerprint density at radius 3 is 2.62 bits per heavy atom. The molecule has 0 unspecified atom stereocenters. The maximum absolute atomic E-state index is 14.9. The number of alkyl halides is 2. The largest absolute Gasteiger partial charge is 0.376 e. The standard InChI is InChI=1S/C24H28F2N4O4/c1-23(34,15-5-3-2-4-6-15)22(33)30-17-7-8-18(24(25,26)12-17)19(30)21(32)29-16(13-27)11-14-9-10-28-20(14)31/h2-6,14,16-19,34H,7-12H2,1H3,(H,28,31)(H,29,32)/t14-,16-,17+,18+,19+,23-/m0/s1. The molecule has 5 rings (SSSR count). The number of amides is 3. The summed E-state index contributed by atoms with van der Waals surface area (Å²) in [5.41, 5.74) is -1.74. The molecule has 4 aliphatic rings. The summed E-state index contributed by atoms with van der Waals surface area (Å²) in [6, 6.07) is 6.55. The van der Waals surface area contributed by atoms with E-state index < -0.39 is 59.7 Å². The highest BCUT2D eigenvalue weighted by Gasteiger charge is 2.62. The van der Waals surface area contributed by atoms with Gasteiger partial charge in [-0.25, -0.2) is 8.78 Å². The number of aliphatic hydroxyl groups is 1. The molecule has 3 amide bonds. The summed E-state index contributed by atoms with van der Waals surface area (Å²) in [6.07, 6.45) is 0.340. The molecule has 1 aromatic rings. The van der Waals surface area contributed by atoms with Gasteiger partial charge in [0.1, 0.15) is 12.1 Å². The molecule has 4 fully saturated rings.